The van der Waals surface area contributed by atoms with E-state index in [1.807, 2.05) is 0 Å². The summed E-state index contributed by atoms with van der Waals surface area (Å²) in [6.45, 7) is 0. The van der Waals surface area contributed by atoms with E-state index in [1.165, 1.54) is 33.5 Å². The third-order valence-electron chi connectivity index (χ3n) is 4.19. The van der Waals surface area contributed by atoms with Crippen molar-refractivity contribution >= 4 is 15.6 Å². The van der Waals surface area contributed by atoms with Crippen molar-refractivity contribution in [3.05, 3.63) is 35.4 Å². The van der Waals surface area contributed by atoms with Crippen molar-refractivity contribution in [2.75, 3.05) is 28.4 Å². The molecule has 0 amide bonds. The second-order valence-electron chi connectivity index (χ2n) is 6.20. The fourth-order valence-electron chi connectivity index (χ4n) is 2.91. The minimum absolute atomic E-state index is 0. The van der Waals surface area contributed by atoms with Crippen LogP contribution in [0.1, 0.15) is 11.1 Å². The second-order valence-corrected chi connectivity index (χ2v) is 8.35. The first kappa shape index (κ1) is 42.0. The summed E-state index contributed by atoms with van der Waals surface area (Å²) in [6.07, 6.45) is 0.267. The van der Waals surface area contributed by atoms with Gasteiger partial charge in [-0.3, -0.25) is 0 Å². The molecule has 36 heavy (non-hydrogen) atoms. The number of ether oxygens (including phenoxy) is 4. The van der Waals surface area contributed by atoms with E-state index in [1.54, 1.807) is 12.1 Å². The third kappa shape index (κ3) is 12.8. The Hall–Kier alpha value is 1.54. The summed E-state index contributed by atoms with van der Waals surface area (Å²) in [5, 5.41) is 0. The molecule has 0 aliphatic carbocycles. The molecule has 0 unspecified atom stereocenters. The van der Waals surface area contributed by atoms with Crippen molar-refractivity contribution in [3.8, 4) is 34.5 Å². The first-order chi connectivity index (χ1) is 14.9. The zero-order chi connectivity index (χ0) is 24.1. The SMILES string of the molecule is COc1cc(CCc2ccc(OC)c(OP(=O)([O-])[O-])c2OP(=O)([O-])[O-])cc(OC)c1OC.[Na+].[Na+].[Na+].[Na+]. The number of hydrogen-bond donors (Lipinski definition) is 0. The topological polar surface area (TPSA) is 182 Å². The van der Waals surface area contributed by atoms with Crippen LogP contribution in [-0.4, -0.2) is 28.4 Å². The van der Waals surface area contributed by atoms with Crippen LogP contribution in [0.3, 0.4) is 0 Å². The zero-order valence-corrected chi connectivity index (χ0v) is 31.3. The Balaban J connectivity index is -0.00000272. The van der Waals surface area contributed by atoms with Crippen LogP contribution in [0.15, 0.2) is 24.3 Å². The van der Waals surface area contributed by atoms with Gasteiger partial charge in [-0.15, -0.1) is 0 Å². The average Bonchev–Trinajstić information content (AvgIpc) is 2.71. The molecule has 0 aliphatic rings. The molecule has 0 heterocycles. The molecule has 18 heteroatoms. The summed E-state index contributed by atoms with van der Waals surface area (Å²) in [7, 11) is -5.87. The molecule has 0 radical (unpaired) electrons. The maximum absolute atomic E-state index is 11.3. The van der Waals surface area contributed by atoms with Gasteiger partial charge in [-0.25, -0.2) is 0 Å². The van der Waals surface area contributed by atoms with E-state index < -0.39 is 27.1 Å². The molecule has 2 rings (SSSR count). The van der Waals surface area contributed by atoms with Gasteiger partial charge in [0.05, 0.1) is 28.4 Å². The molecule has 0 spiro atoms. The van der Waals surface area contributed by atoms with Gasteiger partial charge in [0.25, 0.3) is 0 Å². The fourth-order valence-corrected chi connectivity index (χ4v) is 3.73. The number of methoxy groups -OCH3 is 4. The van der Waals surface area contributed by atoms with E-state index in [0.717, 1.165) is 7.11 Å². The van der Waals surface area contributed by atoms with Crippen LogP contribution >= 0.6 is 15.6 Å². The molecule has 0 N–H and O–H groups in total. The van der Waals surface area contributed by atoms with E-state index in [-0.39, 0.29) is 142 Å². The fraction of sp³-hybridized carbons (Fsp3) is 0.333. The molecular weight excluding hydrogens is 562 g/mol. The quantitative estimate of drug-likeness (QED) is 0.181. The zero-order valence-electron chi connectivity index (χ0n) is 21.5. The first-order valence-corrected chi connectivity index (χ1v) is 11.8. The van der Waals surface area contributed by atoms with Crippen LogP contribution in [0.2, 0.25) is 0 Å². The van der Waals surface area contributed by atoms with Crippen LogP contribution in [0.25, 0.3) is 0 Å². The molecule has 0 saturated heterocycles. The van der Waals surface area contributed by atoms with Crippen LogP contribution < -0.4 is 166 Å². The van der Waals surface area contributed by atoms with Gasteiger partial charge in [-0.05, 0) is 42.2 Å². The van der Waals surface area contributed by atoms with E-state index in [4.69, 9.17) is 18.9 Å². The molecule has 0 bridgehead atoms. The Morgan fingerprint density at radius 2 is 1.06 bits per heavy atom. The van der Waals surface area contributed by atoms with Gasteiger partial charge in [0.2, 0.25) is 11.5 Å². The predicted molar refractivity (Wildman–Crippen MR) is 103 cm³/mol. The summed E-state index contributed by atoms with van der Waals surface area (Å²) in [6, 6.07) is 5.88. The van der Waals surface area contributed by atoms with Crippen molar-refractivity contribution in [2.24, 2.45) is 0 Å². The van der Waals surface area contributed by atoms with Gasteiger partial charge in [-0.2, -0.15) is 0 Å². The first-order valence-electron chi connectivity index (χ1n) is 8.84. The number of rotatable bonds is 11. The summed E-state index contributed by atoms with van der Waals surface area (Å²) in [5.41, 5.74) is 0.726. The van der Waals surface area contributed by atoms with Gasteiger partial charge < -0.3 is 56.7 Å². The second kappa shape index (κ2) is 18.8. The summed E-state index contributed by atoms with van der Waals surface area (Å²) >= 11 is 0. The minimum atomic E-state index is -5.65. The van der Waals surface area contributed by atoms with Crippen molar-refractivity contribution in [2.45, 2.75) is 12.8 Å². The van der Waals surface area contributed by atoms with E-state index in [2.05, 4.69) is 9.05 Å². The molecule has 0 aromatic heterocycles. The third-order valence-corrected chi connectivity index (χ3v) is 5.00. The van der Waals surface area contributed by atoms with Crippen LogP contribution in [0.4, 0.5) is 0 Å². The number of hydrogen-bond acceptors (Lipinski definition) is 12. The monoisotopic (exact) mass is 582 g/mol. The average molecular weight is 582 g/mol. The number of benzene rings is 2. The molecule has 0 saturated carbocycles. The van der Waals surface area contributed by atoms with Gasteiger partial charge in [-0.1, -0.05) is 6.07 Å². The van der Waals surface area contributed by atoms with Gasteiger partial charge >= 0.3 is 118 Å². The van der Waals surface area contributed by atoms with Crippen LogP contribution in [-0.2, 0) is 22.0 Å². The predicted octanol–water partition coefficient (Wildman–Crippen LogP) is -12.1. The maximum Gasteiger partial charge on any atom is 1.00 e. The molecule has 2 aromatic rings. The number of phosphoric acid groups is 2. The van der Waals surface area contributed by atoms with E-state index in [0.29, 0.717) is 22.8 Å². The van der Waals surface area contributed by atoms with Crippen molar-refractivity contribution in [3.63, 3.8) is 0 Å². The summed E-state index contributed by atoms with van der Waals surface area (Å²) in [5.74, 6) is -0.800. The van der Waals surface area contributed by atoms with Crippen molar-refractivity contribution in [1.29, 1.82) is 0 Å². The van der Waals surface area contributed by atoms with Crippen molar-refractivity contribution in [1.82, 2.24) is 0 Å². The standard InChI is InChI=1S/C18H24O12P2.4Na/c1-25-13-8-7-12(16(29-31(19,20)21)18(13)30-32(22,23)24)6-5-11-9-14(26-2)17(28-4)15(10-11)27-3;;;;/h7-10H,5-6H2,1-4H3,(H2,19,20,21)(H2,22,23,24);;;;/q;4*+1/p-4. The molecule has 12 nitrogen and oxygen atoms in total. The minimum Gasteiger partial charge on any atom is -0.780 e. The molecule has 2 aromatic carbocycles. The Labute approximate surface area is 297 Å². The summed E-state index contributed by atoms with van der Waals surface area (Å²) in [4.78, 5) is 44.8. The van der Waals surface area contributed by atoms with E-state index >= 15 is 0 Å². The molecule has 178 valence electrons. The normalized spacial score (nSPS) is 10.3. The number of phosphoric ester groups is 2. The van der Waals surface area contributed by atoms with Gasteiger partial charge in [0.15, 0.2) is 23.0 Å². The number of aryl methyl sites for hydroxylation is 2. The smallest absolute Gasteiger partial charge is 0.780 e. The molecule has 0 fully saturated rings. The Kier molecular flexibility index (Phi) is 21.9. The van der Waals surface area contributed by atoms with Crippen LogP contribution in [0.5, 0.6) is 34.5 Å². The Morgan fingerprint density at radius 3 is 1.44 bits per heavy atom. The molecule has 0 atom stereocenters. The van der Waals surface area contributed by atoms with Gasteiger partial charge in [0.1, 0.15) is 15.6 Å². The van der Waals surface area contributed by atoms with Gasteiger partial charge in [0, 0.05) is 0 Å². The summed E-state index contributed by atoms with van der Waals surface area (Å²) < 4.78 is 51.9. The Morgan fingerprint density at radius 1 is 0.611 bits per heavy atom. The molecular formula is C18H20Na4O12P2. The Bertz CT molecular complexity index is 1040. The van der Waals surface area contributed by atoms with E-state index in [9.17, 15) is 28.7 Å². The van der Waals surface area contributed by atoms with Crippen molar-refractivity contribution < 1.29 is 175 Å². The largest absolute Gasteiger partial charge is 1.00 e. The maximum atomic E-state index is 11.3. The molecule has 0 aliphatic heterocycles. The van der Waals surface area contributed by atoms with Crippen LogP contribution in [0, 0.1) is 0 Å².